The summed E-state index contributed by atoms with van der Waals surface area (Å²) in [6, 6.07) is 53.0. The van der Waals surface area contributed by atoms with Crippen molar-refractivity contribution in [3.8, 4) is 22.3 Å². The summed E-state index contributed by atoms with van der Waals surface area (Å²) in [6.07, 6.45) is -0.391. The fourth-order valence-electron chi connectivity index (χ4n) is 8.53. The lowest BCUT2D eigenvalue weighted by Gasteiger charge is -2.26. The molecule has 0 bridgehead atoms. The molecule has 0 saturated heterocycles. The molecule has 0 fully saturated rings. The Morgan fingerprint density at radius 3 is 2.19 bits per heavy atom. The first kappa shape index (κ1) is 30.0. The molecule has 1 aliphatic carbocycles. The SMILES string of the molecule is CC1(C)c2ccccc2-c2ccc(C3N=C(c4ccc5c(c4)oc4cccc(-c6ccccc6)c45)N=C(c4cccc5c4oc4ccccc45)N3)cc21. The summed E-state index contributed by atoms with van der Waals surface area (Å²) in [5.74, 6) is 1.34. The Bertz CT molecular complexity index is 3020. The maximum absolute atomic E-state index is 6.53. The van der Waals surface area contributed by atoms with Crippen LogP contribution >= 0.6 is 0 Å². The lowest BCUT2D eigenvalue weighted by atomic mass is 9.82. The number of para-hydroxylation sites is 2. The summed E-state index contributed by atoms with van der Waals surface area (Å²) in [6.45, 7) is 4.62. The second kappa shape index (κ2) is 11.1. The summed E-state index contributed by atoms with van der Waals surface area (Å²) in [4.78, 5) is 10.5. The van der Waals surface area contributed by atoms with Crippen LogP contribution in [0.3, 0.4) is 0 Å². The highest BCUT2D eigenvalue weighted by Gasteiger charge is 2.36. The number of nitrogens with one attached hydrogen (secondary N) is 1. The normalized spacial score (nSPS) is 16.1. The first-order valence-corrected chi connectivity index (χ1v) is 18.1. The van der Waals surface area contributed by atoms with E-state index < -0.39 is 6.17 Å². The average molecular weight is 684 g/mol. The fourth-order valence-corrected chi connectivity index (χ4v) is 8.53. The highest BCUT2D eigenvalue weighted by atomic mass is 16.3. The summed E-state index contributed by atoms with van der Waals surface area (Å²) >= 11 is 0. The van der Waals surface area contributed by atoms with Gasteiger partial charge in [0.2, 0.25) is 0 Å². The van der Waals surface area contributed by atoms with Gasteiger partial charge in [0, 0.05) is 32.5 Å². The Kier molecular flexibility index (Phi) is 6.30. The maximum Gasteiger partial charge on any atom is 0.159 e. The second-order valence-electron chi connectivity index (χ2n) is 14.6. The smallest absolute Gasteiger partial charge is 0.159 e. The van der Waals surface area contributed by atoms with Gasteiger partial charge < -0.3 is 14.2 Å². The largest absolute Gasteiger partial charge is 0.456 e. The highest BCUT2D eigenvalue weighted by Crippen LogP contribution is 2.49. The van der Waals surface area contributed by atoms with Crippen molar-refractivity contribution in [2.75, 3.05) is 0 Å². The lowest BCUT2D eigenvalue weighted by molar-refractivity contribution is 0.644. The standard InChI is InChI=1S/C48H33N3O2/c1-48(2)38-19-8-6-14-32(38)33-24-22-29(26-39(33)48)45-49-46(51-47(50-45)37-18-10-17-35-34-15-7-9-20-40(34)53-44(35)37)30-23-25-36-42(27-30)52-41-21-11-16-31(43(36)41)28-12-4-3-5-13-28/h3-27,45H,1-2H3,(H,49,50,51). The fraction of sp³-hybridized carbons (Fsp3) is 0.0833. The van der Waals surface area contributed by atoms with E-state index in [1.807, 2.05) is 30.3 Å². The van der Waals surface area contributed by atoms with Crippen molar-refractivity contribution < 1.29 is 8.83 Å². The number of rotatable bonds is 4. The van der Waals surface area contributed by atoms with E-state index in [-0.39, 0.29) is 5.41 Å². The molecule has 1 N–H and O–H groups in total. The highest BCUT2D eigenvalue weighted by molar-refractivity contribution is 6.20. The van der Waals surface area contributed by atoms with Gasteiger partial charge in [-0.2, -0.15) is 0 Å². The molecular formula is C48H33N3O2. The summed E-state index contributed by atoms with van der Waals surface area (Å²) in [7, 11) is 0. The van der Waals surface area contributed by atoms with E-state index in [1.54, 1.807) is 0 Å². The third kappa shape index (κ3) is 4.50. The molecule has 0 saturated carbocycles. The van der Waals surface area contributed by atoms with Gasteiger partial charge in [-0.15, -0.1) is 0 Å². The zero-order valence-corrected chi connectivity index (χ0v) is 29.2. The van der Waals surface area contributed by atoms with Crippen LogP contribution in [0.4, 0.5) is 0 Å². The number of aliphatic imine (C=N–C) groups is 2. The van der Waals surface area contributed by atoms with E-state index in [4.69, 9.17) is 18.8 Å². The second-order valence-corrected chi connectivity index (χ2v) is 14.6. The quantitative estimate of drug-likeness (QED) is 0.201. The minimum Gasteiger partial charge on any atom is -0.456 e. The zero-order chi connectivity index (χ0) is 35.3. The molecule has 53 heavy (non-hydrogen) atoms. The predicted octanol–water partition coefficient (Wildman–Crippen LogP) is 12.0. The Balaban J connectivity index is 1.08. The Morgan fingerprint density at radius 2 is 1.26 bits per heavy atom. The molecule has 0 spiro atoms. The summed E-state index contributed by atoms with van der Waals surface area (Å²) in [5.41, 5.74) is 13.5. The third-order valence-corrected chi connectivity index (χ3v) is 11.2. The molecule has 1 unspecified atom stereocenters. The number of fused-ring (bicyclic) bond motifs is 9. The molecule has 2 aromatic heterocycles. The maximum atomic E-state index is 6.53. The van der Waals surface area contributed by atoms with Crippen LogP contribution in [0.15, 0.2) is 170 Å². The van der Waals surface area contributed by atoms with Crippen molar-refractivity contribution in [2.24, 2.45) is 9.98 Å². The number of amidine groups is 2. The molecule has 11 rings (SSSR count). The van der Waals surface area contributed by atoms with Crippen molar-refractivity contribution in [2.45, 2.75) is 25.4 Å². The number of hydrogen-bond acceptors (Lipinski definition) is 5. The zero-order valence-electron chi connectivity index (χ0n) is 29.2. The molecule has 2 aliphatic rings. The molecule has 0 amide bonds. The lowest BCUT2D eigenvalue weighted by Crippen LogP contribution is -2.33. The van der Waals surface area contributed by atoms with Gasteiger partial charge in [0.15, 0.2) is 5.84 Å². The number of benzene rings is 7. The predicted molar refractivity (Wildman–Crippen MR) is 216 cm³/mol. The molecule has 1 aliphatic heterocycles. The van der Waals surface area contributed by atoms with Gasteiger partial charge in [-0.3, -0.25) is 0 Å². The first-order valence-electron chi connectivity index (χ1n) is 18.1. The molecule has 9 aromatic rings. The first-order chi connectivity index (χ1) is 26.0. The summed E-state index contributed by atoms with van der Waals surface area (Å²) in [5, 5.41) is 8.03. The molecule has 1 atom stereocenters. The van der Waals surface area contributed by atoms with Crippen LogP contribution in [-0.4, -0.2) is 11.7 Å². The van der Waals surface area contributed by atoms with Gasteiger partial charge in [0.25, 0.3) is 0 Å². The van der Waals surface area contributed by atoms with E-state index >= 15 is 0 Å². The van der Waals surface area contributed by atoms with Crippen molar-refractivity contribution in [1.29, 1.82) is 0 Å². The van der Waals surface area contributed by atoms with Gasteiger partial charge in [-0.25, -0.2) is 9.98 Å². The Morgan fingerprint density at radius 1 is 0.528 bits per heavy atom. The topological polar surface area (TPSA) is 63.0 Å². The molecule has 5 heteroatoms. The van der Waals surface area contributed by atoms with E-state index in [2.05, 4.69) is 140 Å². The van der Waals surface area contributed by atoms with Gasteiger partial charge in [-0.05, 0) is 69.3 Å². The summed E-state index contributed by atoms with van der Waals surface area (Å²) < 4.78 is 13.0. The Labute approximate surface area is 305 Å². The van der Waals surface area contributed by atoms with Crippen molar-refractivity contribution >= 4 is 55.5 Å². The molecule has 7 aromatic carbocycles. The van der Waals surface area contributed by atoms with E-state index in [1.165, 1.54) is 22.3 Å². The van der Waals surface area contributed by atoms with Gasteiger partial charge in [-0.1, -0.05) is 135 Å². The van der Waals surface area contributed by atoms with Crippen LogP contribution < -0.4 is 5.32 Å². The monoisotopic (exact) mass is 683 g/mol. The number of nitrogens with zero attached hydrogens (tertiary/aromatic N) is 2. The van der Waals surface area contributed by atoms with Gasteiger partial charge in [0.05, 0.1) is 5.56 Å². The van der Waals surface area contributed by atoms with Crippen molar-refractivity contribution in [1.82, 2.24) is 5.32 Å². The van der Waals surface area contributed by atoms with Crippen LogP contribution in [0.1, 0.15) is 47.8 Å². The van der Waals surface area contributed by atoms with E-state index in [9.17, 15) is 0 Å². The van der Waals surface area contributed by atoms with Crippen LogP contribution in [0, 0.1) is 0 Å². The van der Waals surface area contributed by atoms with Crippen molar-refractivity contribution in [3.63, 3.8) is 0 Å². The van der Waals surface area contributed by atoms with Crippen LogP contribution in [0.2, 0.25) is 0 Å². The molecule has 5 nitrogen and oxygen atoms in total. The molecular weight excluding hydrogens is 651 g/mol. The van der Waals surface area contributed by atoms with E-state index in [0.717, 1.165) is 71.7 Å². The molecule has 0 radical (unpaired) electrons. The molecule has 3 heterocycles. The van der Waals surface area contributed by atoms with Crippen LogP contribution in [-0.2, 0) is 5.41 Å². The van der Waals surface area contributed by atoms with Crippen LogP contribution in [0.5, 0.6) is 0 Å². The van der Waals surface area contributed by atoms with Gasteiger partial charge in [0.1, 0.15) is 34.3 Å². The third-order valence-electron chi connectivity index (χ3n) is 11.2. The minimum atomic E-state index is -0.391. The average Bonchev–Trinajstić information content (AvgIpc) is 3.85. The van der Waals surface area contributed by atoms with Crippen LogP contribution in [0.25, 0.3) is 66.1 Å². The number of hydrogen-bond donors (Lipinski definition) is 1. The van der Waals surface area contributed by atoms with Gasteiger partial charge >= 0.3 is 0 Å². The van der Waals surface area contributed by atoms with Crippen molar-refractivity contribution in [3.05, 3.63) is 179 Å². The van der Waals surface area contributed by atoms with E-state index in [0.29, 0.717) is 11.7 Å². The number of furan rings is 2. The minimum absolute atomic E-state index is 0.134. The Hall–Kier alpha value is -6.72. The molecule has 252 valence electrons.